The maximum absolute atomic E-state index is 5.73. The van der Waals surface area contributed by atoms with E-state index in [2.05, 4.69) is 49.9 Å². The Balaban J connectivity index is 2.73. The van der Waals surface area contributed by atoms with Crippen molar-refractivity contribution in [2.45, 2.75) is 32.7 Å². The molecule has 1 nitrogen and oxygen atoms in total. The first kappa shape index (κ1) is 12.5. The number of nitrogens with zero attached hydrogens (tertiary/aromatic N) is 1. The maximum Gasteiger partial charge on any atom is 0.0738 e. The highest BCUT2D eigenvalue weighted by molar-refractivity contribution is 6.17. The lowest BCUT2D eigenvalue weighted by Gasteiger charge is -2.20. The fourth-order valence-electron chi connectivity index (χ4n) is 1.46. The highest BCUT2D eigenvalue weighted by atomic mass is 35.5. The van der Waals surface area contributed by atoms with Gasteiger partial charge in [0, 0.05) is 6.54 Å². The Bertz CT molecular complexity index is 297. The van der Waals surface area contributed by atoms with Crippen molar-refractivity contribution in [3.05, 3.63) is 35.4 Å². The number of halogens is 1. The Labute approximate surface area is 98.0 Å². The van der Waals surface area contributed by atoms with Crippen LogP contribution in [0.15, 0.2) is 24.3 Å². The molecule has 1 aromatic carbocycles. The Morgan fingerprint density at radius 1 is 1.13 bits per heavy atom. The van der Waals surface area contributed by atoms with E-state index in [4.69, 9.17) is 11.6 Å². The molecule has 84 valence electrons. The second-order valence-electron chi connectivity index (χ2n) is 5.08. The van der Waals surface area contributed by atoms with Crippen LogP contribution in [0.2, 0.25) is 0 Å². The minimum atomic E-state index is 0.233. The number of alkyl halides is 1. The average molecular weight is 226 g/mol. The zero-order valence-electron chi connectivity index (χ0n) is 10.0. The molecule has 0 aliphatic carbocycles. The van der Waals surface area contributed by atoms with Gasteiger partial charge in [0.25, 0.3) is 0 Å². The summed E-state index contributed by atoms with van der Waals surface area (Å²) in [7, 11) is 2.02. The summed E-state index contributed by atoms with van der Waals surface area (Å²) in [4.78, 5) is 2.08. The van der Waals surface area contributed by atoms with Crippen LogP contribution in [0, 0.1) is 0 Å². The first-order chi connectivity index (χ1) is 6.93. The lowest BCUT2D eigenvalue weighted by Crippen LogP contribution is -2.16. The lowest BCUT2D eigenvalue weighted by molar-refractivity contribution is 0.382. The summed E-state index contributed by atoms with van der Waals surface area (Å²) in [6.07, 6.45) is 0. The van der Waals surface area contributed by atoms with Gasteiger partial charge >= 0.3 is 0 Å². The molecule has 0 aliphatic heterocycles. The minimum absolute atomic E-state index is 0.233. The van der Waals surface area contributed by atoms with Gasteiger partial charge in [-0.25, -0.2) is 0 Å². The van der Waals surface area contributed by atoms with E-state index in [9.17, 15) is 0 Å². The van der Waals surface area contributed by atoms with Crippen molar-refractivity contribution in [3.63, 3.8) is 0 Å². The molecule has 0 heterocycles. The zero-order valence-corrected chi connectivity index (χ0v) is 10.8. The smallest absolute Gasteiger partial charge is 0.0738 e. The summed E-state index contributed by atoms with van der Waals surface area (Å²) in [6.45, 7) is 7.60. The standard InChI is InChI=1S/C13H20ClN/c1-13(2,3)12-7-5-11(6-8-12)9-15(4)10-14/h5-8H,9-10H2,1-4H3. The molecule has 0 aromatic heterocycles. The van der Waals surface area contributed by atoms with Crippen molar-refractivity contribution >= 4 is 11.6 Å². The van der Waals surface area contributed by atoms with Gasteiger partial charge in [-0.05, 0) is 23.6 Å². The minimum Gasteiger partial charge on any atom is -0.289 e. The van der Waals surface area contributed by atoms with E-state index in [-0.39, 0.29) is 5.41 Å². The predicted octanol–water partition coefficient (Wildman–Crippen LogP) is 3.61. The van der Waals surface area contributed by atoms with Gasteiger partial charge in [0.1, 0.15) is 0 Å². The number of rotatable bonds is 3. The van der Waals surface area contributed by atoms with Crippen molar-refractivity contribution in [2.24, 2.45) is 0 Å². The van der Waals surface area contributed by atoms with Crippen LogP contribution in [0.4, 0.5) is 0 Å². The van der Waals surface area contributed by atoms with Crippen molar-refractivity contribution < 1.29 is 0 Å². The molecule has 0 radical (unpaired) electrons. The second-order valence-corrected chi connectivity index (χ2v) is 5.32. The SMILES string of the molecule is CN(CCl)Cc1ccc(C(C)(C)C)cc1. The molecule has 0 saturated heterocycles. The van der Waals surface area contributed by atoms with E-state index in [0.29, 0.717) is 6.00 Å². The fraction of sp³-hybridized carbons (Fsp3) is 0.538. The van der Waals surface area contributed by atoms with Crippen LogP contribution in [-0.4, -0.2) is 18.0 Å². The topological polar surface area (TPSA) is 3.24 Å². The zero-order chi connectivity index (χ0) is 11.5. The van der Waals surface area contributed by atoms with E-state index < -0.39 is 0 Å². The van der Waals surface area contributed by atoms with Gasteiger partial charge in [-0.15, -0.1) is 11.6 Å². The van der Waals surface area contributed by atoms with Crippen LogP contribution in [0.1, 0.15) is 31.9 Å². The number of benzene rings is 1. The Kier molecular flexibility index (Phi) is 4.18. The fourth-order valence-corrected chi connectivity index (χ4v) is 1.55. The van der Waals surface area contributed by atoms with Crippen LogP contribution in [0.5, 0.6) is 0 Å². The average Bonchev–Trinajstić information content (AvgIpc) is 2.17. The second kappa shape index (κ2) is 5.00. The number of hydrogen-bond donors (Lipinski definition) is 0. The predicted molar refractivity (Wildman–Crippen MR) is 67.3 cm³/mol. The van der Waals surface area contributed by atoms with Crippen LogP contribution in [0.25, 0.3) is 0 Å². The van der Waals surface area contributed by atoms with Gasteiger partial charge < -0.3 is 0 Å². The van der Waals surface area contributed by atoms with E-state index >= 15 is 0 Å². The highest BCUT2D eigenvalue weighted by Crippen LogP contribution is 2.22. The van der Waals surface area contributed by atoms with Crippen molar-refractivity contribution in [1.29, 1.82) is 0 Å². The van der Waals surface area contributed by atoms with Crippen LogP contribution in [0.3, 0.4) is 0 Å². The van der Waals surface area contributed by atoms with Gasteiger partial charge in [-0.2, -0.15) is 0 Å². The maximum atomic E-state index is 5.73. The monoisotopic (exact) mass is 225 g/mol. The first-order valence-corrected chi connectivity index (χ1v) is 5.81. The Morgan fingerprint density at radius 3 is 2.07 bits per heavy atom. The molecule has 1 aromatic rings. The summed E-state index contributed by atoms with van der Waals surface area (Å²) in [5.74, 6) is 0. The Morgan fingerprint density at radius 2 is 1.67 bits per heavy atom. The summed E-state index contributed by atoms with van der Waals surface area (Å²) in [5.41, 5.74) is 2.92. The molecule has 0 atom stereocenters. The molecule has 0 spiro atoms. The largest absolute Gasteiger partial charge is 0.289 e. The molecular weight excluding hydrogens is 206 g/mol. The molecule has 0 unspecified atom stereocenters. The number of hydrogen-bond acceptors (Lipinski definition) is 1. The Hall–Kier alpha value is -0.530. The summed E-state index contributed by atoms with van der Waals surface area (Å²) in [5, 5.41) is 0. The van der Waals surface area contributed by atoms with E-state index in [1.807, 2.05) is 7.05 Å². The van der Waals surface area contributed by atoms with Crippen LogP contribution in [-0.2, 0) is 12.0 Å². The molecule has 0 aliphatic rings. The third-order valence-corrected chi connectivity index (χ3v) is 2.88. The molecule has 0 N–H and O–H groups in total. The third kappa shape index (κ3) is 3.84. The van der Waals surface area contributed by atoms with E-state index in [0.717, 1.165) is 6.54 Å². The molecule has 0 saturated carbocycles. The first-order valence-electron chi connectivity index (χ1n) is 5.27. The summed E-state index contributed by atoms with van der Waals surface area (Å²) < 4.78 is 0. The van der Waals surface area contributed by atoms with Gasteiger partial charge in [0.2, 0.25) is 0 Å². The van der Waals surface area contributed by atoms with Gasteiger partial charge in [-0.3, -0.25) is 4.90 Å². The van der Waals surface area contributed by atoms with Gasteiger partial charge in [0.05, 0.1) is 6.00 Å². The summed E-state index contributed by atoms with van der Waals surface area (Å²) in [6, 6.07) is 9.35. The van der Waals surface area contributed by atoms with Crippen LogP contribution < -0.4 is 0 Å². The lowest BCUT2D eigenvalue weighted by atomic mass is 9.87. The van der Waals surface area contributed by atoms with Crippen molar-refractivity contribution in [3.8, 4) is 0 Å². The highest BCUT2D eigenvalue weighted by Gasteiger charge is 2.12. The molecule has 1 rings (SSSR count). The quantitative estimate of drug-likeness (QED) is 0.561. The molecule has 0 fully saturated rings. The van der Waals surface area contributed by atoms with Gasteiger partial charge in [0.15, 0.2) is 0 Å². The van der Waals surface area contributed by atoms with Crippen molar-refractivity contribution in [1.82, 2.24) is 4.90 Å². The molecular formula is C13H20ClN. The van der Waals surface area contributed by atoms with E-state index in [1.165, 1.54) is 11.1 Å². The van der Waals surface area contributed by atoms with Gasteiger partial charge in [-0.1, -0.05) is 45.0 Å². The van der Waals surface area contributed by atoms with Crippen LogP contribution >= 0.6 is 11.6 Å². The molecule has 2 heteroatoms. The van der Waals surface area contributed by atoms with Crippen molar-refractivity contribution in [2.75, 3.05) is 13.1 Å². The summed E-state index contributed by atoms with van der Waals surface area (Å²) >= 11 is 5.73. The molecule has 0 bridgehead atoms. The third-order valence-electron chi connectivity index (χ3n) is 2.48. The normalized spacial score (nSPS) is 12.1. The molecule has 0 amide bonds. The van der Waals surface area contributed by atoms with E-state index in [1.54, 1.807) is 0 Å². The molecule has 15 heavy (non-hydrogen) atoms.